The number of carboxylic acids is 1. The van der Waals surface area contributed by atoms with Gasteiger partial charge in [0.2, 0.25) is 5.95 Å². The Morgan fingerprint density at radius 2 is 1.46 bits per heavy atom. The minimum absolute atomic E-state index is 0.0180. The maximum atomic E-state index is 13.5. The number of carbonyl (C=O) groups is 1. The van der Waals surface area contributed by atoms with Gasteiger partial charge in [-0.1, -0.05) is 15.9 Å². The number of benzene rings is 2. The van der Waals surface area contributed by atoms with Gasteiger partial charge in [0, 0.05) is 24.0 Å². The summed E-state index contributed by atoms with van der Waals surface area (Å²) in [4.78, 5) is 20.4. The van der Waals surface area contributed by atoms with Crippen LogP contribution in [0.3, 0.4) is 0 Å². The van der Waals surface area contributed by atoms with Gasteiger partial charge in [-0.25, -0.2) is 9.97 Å². The first-order chi connectivity index (χ1) is 19.2. The molecule has 3 aromatic rings. The van der Waals surface area contributed by atoms with Crippen molar-refractivity contribution in [3.8, 4) is 17.2 Å². The van der Waals surface area contributed by atoms with Gasteiger partial charge < -0.3 is 24.2 Å². The van der Waals surface area contributed by atoms with Crippen molar-refractivity contribution >= 4 is 27.8 Å². The Bertz CT molecular complexity index is 1320. The molecular weight excluding hydrogens is 628 g/mol. The van der Waals surface area contributed by atoms with E-state index in [9.17, 15) is 31.1 Å². The number of hydrogen-bond donors (Lipinski definition) is 1. The van der Waals surface area contributed by atoms with Gasteiger partial charge in [-0.15, -0.1) is 0 Å². The van der Waals surface area contributed by atoms with Crippen molar-refractivity contribution in [3.05, 3.63) is 69.5 Å². The van der Waals surface area contributed by atoms with Crippen LogP contribution in [0.15, 0.2) is 47.2 Å². The third kappa shape index (κ3) is 8.87. The standard InChI is InChI=1S/C26H24BrF6N3O5/c1-39-21-8-16(20(27)10-22(21)40-2)14-36(24-34-11-19(12-35-24)41-5-3-4-23(37)38)13-15-6-17(25(28,29)30)9-18(7-15)26(31,32)33/h6-12H,3-5,13-14H2,1-2H3,(H,37,38). The van der Waals surface area contributed by atoms with Crippen LogP contribution in [0.1, 0.15) is 35.1 Å². The maximum Gasteiger partial charge on any atom is 0.416 e. The first kappa shape index (κ1) is 31.8. The Labute approximate surface area is 239 Å². The van der Waals surface area contributed by atoms with Crippen LogP contribution in [0, 0.1) is 0 Å². The van der Waals surface area contributed by atoms with Gasteiger partial charge in [-0.3, -0.25) is 4.79 Å². The quantitative estimate of drug-likeness (QED) is 0.170. The van der Waals surface area contributed by atoms with E-state index in [-0.39, 0.29) is 49.3 Å². The summed E-state index contributed by atoms with van der Waals surface area (Å²) in [5.41, 5.74) is -2.62. The van der Waals surface area contributed by atoms with Crippen LogP contribution in [-0.2, 0) is 30.2 Å². The SMILES string of the molecule is COc1cc(Br)c(CN(Cc2cc(C(F)(F)F)cc(C(F)(F)F)c2)c2ncc(OCCCC(=O)O)cn2)cc1OC. The van der Waals surface area contributed by atoms with E-state index in [4.69, 9.17) is 19.3 Å². The molecule has 0 saturated heterocycles. The highest BCUT2D eigenvalue weighted by Crippen LogP contribution is 2.38. The number of nitrogens with zero attached hydrogens (tertiary/aromatic N) is 3. The zero-order chi connectivity index (χ0) is 30.4. The number of carboxylic acid groups (broad SMARTS) is 1. The van der Waals surface area contributed by atoms with E-state index in [1.165, 1.54) is 31.5 Å². The highest BCUT2D eigenvalue weighted by atomic mass is 79.9. The first-order valence-electron chi connectivity index (χ1n) is 11.8. The van der Waals surface area contributed by atoms with Crippen molar-refractivity contribution in [2.24, 2.45) is 0 Å². The molecule has 2 aromatic carbocycles. The molecule has 3 rings (SSSR count). The summed E-state index contributed by atoms with van der Waals surface area (Å²) in [5.74, 6) is -0.0704. The molecule has 222 valence electrons. The molecule has 0 bridgehead atoms. The van der Waals surface area contributed by atoms with Crippen molar-refractivity contribution < 1.29 is 50.5 Å². The van der Waals surface area contributed by atoms with Crippen molar-refractivity contribution in [1.82, 2.24) is 9.97 Å². The van der Waals surface area contributed by atoms with E-state index in [1.54, 1.807) is 12.1 Å². The number of alkyl halides is 6. The van der Waals surface area contributed by atoms with Crippen LogP contribution >= 0.6 is 15.9 Å². The third-order valence-electron chi connectivity index (χ3n) is 5.64. The number of aromatic nitrogens is 2. The molecule has 1 aromatic heterocycles. The van der Waals surface area contributed by atoms with Gasteiger partial charge in [0.1, 0.15) is 0 Å². The summed E-state index contributed by atoms with van der Waals surface area (Å²) >= 11 is 3.41. The van der Waals surface area contributed by atoms with E-state index in [1.807, 2.05) is 0 Å². The van der Waals surface area contributed by atoms with Gasteiger partial charge >= 0.3 is 18.3 Å². The van der Waals surface area contributed by atoms with Crippen LogP contribution in [0.4, 0.5) is 32.3 Å². The molecule has 0 unspecified atom stereocenters. The molecule has 0 atom stereocenters. The Hall–Kier alpha value is -3.75. The topological polar surface area (TPSA) is 94.0 Å². The highest BCUT2D eigenvalue weighted by molar-refractivity contribution is 9.10. The molecule has 1 N–H and O–H groups in total. The minimum Gasteiger partial charge on any atom is -0.493 e. The Morgan fingerprint density at radius 1 is 0.902 bits per heavy atom. The summed E-state index contributed by atoms with van der Waals surface area (Å²) in [6.45, 7) is -0.411. The van der Waals surface area contributed by atoms with Gasteiger partial charge in [-0.05, 0) is 47.9 Å². The predicted octanol–water partition coefficient (Wildman–Crippen LogP) is 6.74. The zero-order valence-electron chi connectivity index (χ0n) is 21.6. The molecule has 0 amide bonds. The van der Waals surface area contributed by atoms with Crippen LogP contribution in [0.25, 0.3) is 0 Å². The number of aliphatic carboxylic acids is 1. The molecule has 0 spiro atoms. The third-order valence-corrected chi connectivity index (χ3v) is 6.37. The second-order valence-corrected chi connectivity index (χ2v) is 9.49. The Morgan fingerprint density at radius 3 is 1.98 bits per heavy atom. The minimum atomic E-state index is -5.01. The monoisotopic (exact) mass is 651 g/mol. The molecule has 8 nitrogen and oxygen atoms in total. The average molecular weight is 652 g/mol. The lowest BCUT2D eigenvalue weighted by atomic mass is 10.0. The fraction of sp³-hybridized carbons (Fsp3) is 0.346. The predicted molar refractivity (Wildman–Crippen MR) is 138 cm³/mol. The smallest absolute Gasteiger partial charge is 0.416 e. The molecule has 0 saturated carbocycles. The van der Waals surface area contributed by atoms with E-state index < -0.39 is 36.0 Å². The van der Waals surface area contributed by atoms with Crippen LogP contribution < -0.4 is 19.1 Å². The second-order valence-electron chi connectivity index (χ2n) is 8.63. The number of anilines is 1. The maximum absolute atomic E-state index is 13.5. The number of halogens is 7. The number of ether oxygens (including phenoxy) is 3. The summed E-state index contributed by atoms with van der Waals surface area (Å²) in [7, 11) is 2.84. The van der Waals surface area contributed by atoms with E-state index in [0.29, 0.717) is 33.7 Å². The van der Waals surface area contributed by atoms with Gasteiger partial charge in [0.05, 0.1) is 44.3 Å². The lowest BCUT2D eigenvalue weighted by molar-refractivity contribution is -0.143. The van der Waals surface area contributed by atoms with Crippen LogP contribution in [-0.4, -0.2) is 41.9 Å². The molecule has 15 heteroatoms. The lowest BCUT2D eigenvalue weighted by Gasteiger charge is -2.25. The van der Waals surface area contributed by atoms with E-state index >= 15 is 0 Å². The van der Waals surface area contributed by atoms with Gasteiger partial charge in [0.25, 0.3) is 0 Å². The molecule has 0 aliphatic carbocycles. The Kier molecular flexibility index (Phi) is 10.3. The number of hydrogen-bond acceptors (Lipinski definition) is 7. The molecule has 41 heavy (non-hydrogen) atoms. The van der Waals surface area contributed by atoms with Crippen molar-refractivity contribution in [2.75, 3.05) is 25.7 Å². The second kappa shape index (κ2) is 13.3. The van der Waals surface area contributed by atoms with Crippen molar-refractivity contribution in [3.63, 3.8) is 0 Å². The highest BCUT2D eigenvalue weighted by Gasteiger charge is 2.37. The van der Waals surface area contributed by atoms with Crippen molar-refractivity contribution in [1.29, 1.82) is 0 Å². The molecule has 0 aliphatic rings. The average Bonchev–Trinajstić information content (AvgIpc) is 2.90. The van der Waals surface area contributed by atoms with Crippen LogP contribution in [0.2, 0.25) is 0 Å². The van der Waals surface area contributed by atoms with Gasteiger partial charge in [-0.2, -0.15) is 26.3 Å². The largest absolute Gasteiger partial charge is 0.493 e. The van der Waals surface area contributed by atoms with Crippen LogP contribution in [0.5, 0.6) is 17.2 Å². The molecular formula is C26H24BrF6N3O5. The van der Waals surface area contributed by atoms with Crippen molar-refractivity contribution in [2.45, 2.75) is 38.3 Å². The molecule has 1 heterocycles. The number of methoxy groups -OCH3 is 2. The van der Waals surface area contributed by atoms with E-state index in [2.05, 4.69) is 25.9 Å². The molecule has 0 aliphatic heterocycles. The summed E-state index contributed by atoms with van der Waals surface area (Å²) < 4.78 is 97.4. The number of rotatable bonds is 12. The van der Waals surface area contributed by atoms with E-state index in [0.717, 1.165) is 0 Å². The molecule has 0 fully saturated rings. The summed E-state index contributed by atoms with van der Waals surface area (Å²) in [6.07, 6.45) is -7.36. The fourth-order valence-electron chi connectivity index (χ4n) is 3.71. The Balaban J connectivity index is 2.00. The fourth-order valence-corrected chi connectivity index (χ4v) is 4.16. The summed E-state index contributed by atoms with van der Waals surface area (Å²) in [6, 6.07) is 4.56. The molecule has 0 radical (unpaired) electrons. The summed E-state index contributed by atoms with van der Waals surface area (Å²) in [5, 5.41) is 8.73. The normalized spacial score (nSPS) is 11.7. The lowest BCUT2D eigenvalue weighted by Crippen LogP contribution is -2.25. The zero-order valence-corrected chi connectivity index (χ0v) is 23.2. The first-order valence-corrected chi connectivity index (χ1v) is 12.6. The van der Waals surface area contributed by atoms with Gasteiger partial charge in [0.15, 0.2) is 17.2 Å².